The number of hydrogen-bond donors (Lipinski definition) is 1. The second kappa shape index (κ2) is 8.67. The molecule has 1 heterocycles. The summed E-state index contributed by atoms with van der Waals surface area (Å²) in [5, 5.41) is 2.73. The topological polar surface area (TPSA) is 79.4 Å². The molecule has 2 aromatic carbocycles. The van der Waals surface area contributed by atoms with Gasteiger partial charge in [0.05, 0.1) is 22.8 Å². The Balaban J connectivity index is 1.84. The SMILES string of the molecule is Cc1ccc(N(CC(=O)NCc2ccccn2)S(=O)(=O)c2ccccc2)cc1. The van der Waals surface area contributed by atoms with Crippen molar-refractivity contribution in [1.82, 2.24) is 10.3 Å². The molecule has 28 heavy (non-hydrogen) atoms. The van der Waals surface area contributed by atoms with Crippen molar-refractivity contribution in [2.75, 3.05) is 10.8 Å². The number of hydrogen-bond acceptors (Lipinski definition) is 4. The zero-order valence-corrected chi connectivity index (χ0v) is 16.3. The lowest BCUT2D eigenvalue weighted by Gasteiger charge is -2.24. The number of amides is 1. The van der Waals surface area contributed by atoms with E-state index in [2.05, 4.69) is 10.3 Å². The first-order valence-corrected chi connectivity index (χ1v) is 10.2. The molecule has 0 aliphatic rings. The van der Waals surface area contributed by atoms with Crippen LogP contribution in [0, 0.1) is 6.92 Å². The van der Waals surface area contributed by atoms with Gasteiger partial charge in [-0.15, -0.1) is 0 Å². The van der Waals surface area contributed by atoms with Gasteiger partial charge in [0.2, 0.25) is 5.91 Å². The predicted molar refractivity (Wildman–Crippen MR) is 108 cm³/mol. The summed E-state index contributed by atoms with van der Waals surface area (Å²) in [5.74, 6) is -0.411. The molecule has 1 N–H and O–H groups in total. The highest BCUT2D eigenvalue weighted by molar-refractivity contribution is 7.92. The molecule has 0 fully saturated rings. The van der Waals surface area contributed by atoms with Crippen molar-refractivity contribution < 1.29 is 13.2 Å². The lowest BCUT2D eigenvalue weighted by atomic mass is 10.2. The molecule has 144 valence electrons. The molecule has 1 amide bonds. The highest BCUT2D eigenvalue weighted by Gasteiger charge is 2.26. The monoisotopic (exact) mass is 395 g/mol. The van der Waals surface area contributed by atoms with Crippen LogP contribution >= 0.6 is 0 Å². The van der Waals surface area contributed by atoms with Crippen molar-refractivity contribution in [2.24, 2.45) is 0 Å². The van der Waals surface area contributed by atoms with E-state index in [1.807, 2.05) is 25.1 Å². The third-order valence-electron chi connectivity index (χ3n) is 4.13. The lowest BCUT2D eigenvalue weighted by molar-refractivity contribution is -0.119. The zero-order valence-electron chi connectivity index (χ0n) is 15.4. The van der Waals surface area contributed by atoms with Crippen molar-refractivity contribution in [1.29, 1.82) is 0 Å². The number of nitrogens with one attached hydrogen (secondary N) is 1. The number of pyridine rings is 1. The van der Waals surface area contributed by atoms with E-state index < -0.39 is 15.9 Å². The first-order valence-electron chi connectivity index (χ1n) is 8.78. The van der Waals surface area contributed by atoms with Crippen LogP contribution in [0.25, 0.3) is 0 Å². The quantitative estimate of drug-likeness (QED) is 0.667. The maximum atomic E-state index is 13.2. The maximum absolute atomic E-state index is 13.2. The van der Waals surface area contributed by atoms with Gasteiger partial charge < -0.3 is 5.32 Å². The molecule has 3 aromatic rings. The molecule has 0 saturated heterocycles. The fraction of sp³-hybridized carbons (Fsp3) is 0.143. The number of aryl methyl sites for hydroxylation is 1. The number of sulfonamides is 1. The minimum atomic E-state index is -3.89. The van der Waals surface area contributed by atoms with E-state index in [-0.39, 0.29) is 18.0 Å². The highest BCUT2D eigenvalue weighted by Crippen LogP contribution is 2.23. The number of anilines is 1. The Morgan fingerprint density at radius 2 is 1.64 bits per heavy atom. The van der Waals surface area contributed by atoms with Crippen LogP contribution in [0.4, 0.5) is 5.69 Å². The van der Waals surface area contributed by atoms with Crippen LogP contribution < -0.4 is 9.62 Å². The van der Waals surface area contributed by atoms with Gasteiger partial charge in [0.1, 0.15) is 6.54 Å². The second-order valence-electron chi connectivity index (χ2n) is 6.26. The van der Waals surface area contributed by atoms with Gasteiger partial charge in [-0.2, -0.15) is 0 Å². The van der Waals surface area contributed by atoms with Gasteiger partial charge in [-0.05, 0) is 43.3 Å². The summed E-state index contributed by atoms with van der Waals surface area (Å²) in [6.07, 6.45) is 1.64. The molecular formula is C21H21N3O3S. The second-order valence-corrected chi connectivity index (χ2v) is 8.12. The Bertz CT molecular complexity index is 1020. The Labute approximate surface area is 164 Å². The summed E-state index contributed by atoms with van der Waals surface area (Å²) in [4.78, 5) is 16.8. The van der Waals surface area contributed by atoms with Crippen LogP contribution in [0.3, 0.4) is 0 Å². The molecule has 0 spiro atoms. The van der Waals surface area contributed by atoms with Crippen molar-refractivity contribution >= 4 is 21.6 Å². The largest absolute Gasteiger partial charge is 0.349 e. The summed E-state index contributed by atoms with van der Waals surface area (Å²) in [5.41, 5.74) is 2.13. The smallest absolute Gasteiger partial charge is 0.264 e. The first kappa shape index (κ1) is 19.6. The summed E-state index contributed by atoms with van der Waals surface area (Å²) >= 11 is 0. The molecule has 0 radical (unpaired) electrons. The van der Waals surface area contributed by atoms with Crippen molar-refractivity contribution in [3.63, 3.8) is 0 Å². The minimum Gasteiger partial charge on any atom is -0.349 e. The van der Waals surface area contributed by atoms with Crippen molar-refractivity contribution in [3.05, 3.63) is 90.3 Å². The Kier molecular flexibility index (Phi) is 6.06. The fourth-order valence-electron chi connectivity index (χ4n) is 2.62. The molecule has 0 aliphatic carbocycles. The van der Waals surface area contributed by atoms with E-state index in [1.54, 1.807) is 48.7 Å². The number of benzene rings is 2. The summed E-state index contributed by atoms with van der Waals surface area (Å²) < 4.78 is 27.4. The average Bonchev–Trinajstić information content (AvgIpc) is 2.72. The molecule has 0 unspecified atom stereocenters. The van der Waals surface area contributed by atoms with Gasteiger partial charge in [-0.25, -0.2) is 8.42 Å². The molecule has 6 nitrogen and oxygen atoms in total. The van der Waals surface area contributed by atoms with E-state index in [4.69, 9.17) is 0 Å². The van der Waals surface area contributed by atoms with E-state index in [0.29, 0.717) is 11.4 Å². The first-order chi connectivity index (χ1) is 13.5. The molecule has 0 bridgehead atoms. The minimum absolute atomic E-state index is 0.133. The number of carbonyl (C=O) groups is 1. The van der Waals surface area contributed by atoms with Gasteiger partial charge in [0.25, 0.3) is 10.0 Å². The standard InChI is InChI=1S/C21H21N3O3S/c1-17-10-12-19(13-11-17)24(28(26,27)20-8-3-2-4-9-20)16-21(25)23-15-18-7-5-6-14-22-18/h2-14H,15-16H2,1H3,(H,23,25). The maximum Gasteiger partial charge on any atom is 0.264 e. The van der Waals surface area contributed by atoms with Gasteiger partial charge in [-0.1, -0.05) is 42.0 Å². The molecular weight excluding hydrogens is 374 g/mol. The van der Waals surface area contributed by atoms with Gasteiger partial charge >= 0.3 is 0 Å². The van der Waals surface area contributed by atoms with Gasteiger partial charge in [0, 0.05) is 6.20 Å². The molecule has 0 aliphatic heterocycles. The molecule has 0 saturated carbocycles. The predicted octanol–water partition coefficient (Wildman–Crippen LogP) is 2.90. The van der Waals surface area contributed by atoms with E-state index in [0.717, 1.165) is 9.87 Å². The van der Waals surface area contributed by atoms with Crippen LogP contribution in [0.1, 0.15) is 11.3 Å². The third kappa shape index (κ3) is 4.75. The van der Waals surface area contributed by atoms with Crippen LogP contribution in [-0.2, 0) is 21.4 Å². The van der Waals surface area contributed by atoms with Crippen LogP contribution in [0.2, 0.25) is 0 Å². The van der Waals surface area contributed by atoms with Crippen molar-refractivity contribution in [2.45, 2.75) is 18.4 Å². The van der Waals surface area contributed by atoms with E-state index in [9.17, 15) is 13.2 Å². The number of rotatable bonds is 7. The van der Waals surface area contributed by atoms with Gasteiger partial charge in [0.15, 0.2) is 0 Å². The van der Waals surface area contributed by atoms with Gasteiger partial charge in [-0.3, -0.25) is 14.1 Å². The Morgan fingerprint density at radius 3 is 2.29 bits per heavy atom. The highest BCUT2D eigenvalue weighted by atomic mass is 32.2. The number of carbonyl (C=O) groups excluding carboxylic acids is 1. The van der Waals surface area contributed by atoms with E-state index >= 15 is 0 Å². The Hall–Kier alpha value is -3.19. The third-order valence-corrected chi connectivity index (χ3v) is 5.92. The normalized spacial score (nSPS) is 11.0. The van der Waals surface area contributed by atoms with Crippen LogP contribution in [-0.4, -0.2) is 25.9 Å². The fourth-order valence-corrected chi connectivity index (χ4v) is 4.07. The van der Waals surface area contributed by atoms with Crippen LogP contribution in [0.5, 0.6) is 0 Å². The van der Waals surface area contributed by atoms with Crippen molar-refractivity contribution in [3.8, 4) is 0 Å². The number of nitrogens with zero attached hydrogens (tertiary/aromatic N) is 2. The summed E-state index contributed by atoms with van der Waals surface area (Å²) in [6, 6.07) is 20.5. The van der Waals surface area contributed by atoms with Crippen LogP contribution in [0.15, 0.2) is 83.9 Å². The lowest BCUT2D eigenvalue weighted by Crippen LogP contribution is -2.40. The Morgan fingerprint density at radius 1 is 0.964 bits per heavy atom. The molecule has 3 rings (SSSR count). The number of aromatic nitrogens is 1. The van der Waals surface area contributed by atoms with E-state index in [1.165, 1.54) is 12.1 Å². The molecule has 7 heteroatoms. The molecule has 0 atom stereocenters. The summed E-state index contributed by atoms with van der Waals surface area (Å²) in [7, 11) is -3.89. The average molecular weight is 395 g/mol. The molecule has 1 aromatic heterocycles. The summed E-state index contributed by atoms with van der Waals surface area (Å²) in [6.45, 7) is 1.82. The zero-order chi connectivity index (χ0) is 20.0.